The molecule has 0 bridgehead atoms. The van der Waals surface area contributed by atoms with E-state index in [0.717, 1.165) is 51.4 Å². The average molecular weight is 1170 g/mol. The highest BCUT2D eigenvalue weighted by Crippen LogP contribution is 2.30. The summed E-state index contributed by atoms with van der Waals surface area (Å²) < 4.78 is 22.9. The largest absolute Gasteiger partial charge is 0.394 e. The molecule has 0 aromatic rings. The number of carbonyl (C=O) groups excluding carboxylic acids is 1. The number of carbonyl (C=O) groups is 1. The van der Waals surface area contributed by atoms with E-state index in [0.29, 0.717) is 12.8 Å². The summed E-state index contributed by atoms with van der Waals surface area (Å²) in [6, 6.07) is -0.824. The summed E-state index contributed by atoms with van der Waals surface area (Å²) in [5, 5.41) is 87.6. The van der Waals surface area contributed by atoms with Crippen molar-refractivity contribution >= 4 is 5.91 Å². The van der Waals surface area contributed by atoms with Gasteiger partial charge in [-0.25, -0.2) is 0 Å². The molecule has 14 heteroatoms. The number of hydrogen-bond donors (Lipinski definition) is 9. The molecule has 2 rings (SSSR count). The van der Waals surface area contributed by atoms with Crippen LogP contribution >= 0.6 is 0 Å². The minimum atomic E-state index is -1.78. The molecule has 2 fully saturated rings. The van der Waals surface area contributed by atoms with Gasteiger partial charge in [-0.3, -0.25) is 4.79 Å². The number of aliphatic hydroxyl groups excluding tert-OH is 8. The van der Waals surface area contributed by atoms with E-state index >= 15 is 0 Å². The monoisotopic (exact) mass is 1170 g/mol. The molecule has 488 valence electrons. The summed E-state index contributed by atoms with van der Waals surface area (Å²) in [5.41, 5.74) is 0. The number of rotatable bonds is 59. The molecule has 12 atom stereocenters. The number of amides is 1. The fourth-order valence-electron chi connectivity index (χ4n) is 12.2. The van der Waals surface area contributed by atoms with Crippen LogP contribution in [0.15, 0.2) is 0 Å². The predicted molar refractivity (Wildman–Crippen MR) is 332 cm³/mol. The first-order valence-electron chi connectivity index (χ1n) is 35.3. The molecule has 0 aliphatic carbocycles. The van der Waals surface area contributed by atoms with Gasteiger partial charge in [0.1, 0.15) is 48.8 Å². The number of ether oxygens (including phenoxy) is 4. The number of hydrogen-bond acceptors (Lipinski definition) is 13. The van der Waals surface area contributed by atoms with E-state index in [1.807, 2.05) is 0 Å². The van der Waals surface area contributed by atoms with Gasteiger partial charge in [0.05, 0.1) is 32.0 Å². The van der Waals surface area contributed by atoms with Gasteiger partial charge in [-0.05, 0) is 12.8 Å². The number of unbranched alkanes of at least 4 members (excludes halogenated alkanes) is 46. The molecule has 0 radical (unpaired) electrons. The van der Waals surface area contributed by atoms with Crippen molar-refractivity contribution in [1.82, 2.24) is 5.32 Å². The molecule has 82 heavy (non-hydrogen) atoms. The van der Waals surface area contributed by atoms with E-state index in [9.17, 15) is 45.6 Å². The maximum atomic E-state index is 13.3. The molecule has 2 aliphatic heterocycles. The van der Waals surface area contributed by atoms with Crippen LogP contribution in [-0.4, -0.2) is 140 Å². The highest BCUT2D eigenvalue weighted by molar-refractivity contribution is 5.76. The molecule has 2 aliphatic rings. The average Bonchev–Trinajstić information content (AvgIpc) is 3.53. The molecule has 0 saturated carbocycles. The Hall–Kier alpha value is -1.01. The van der Waals surface area contributed by atoms with Gasteiger partial charge in [0, 0.05) is 6.42 Å². The molecule has 12 unspecified atom stereocenters. The van der Waals surface area contributed by atoms with Gasteiger partial charge in [-0.2, -0.15) is 0 Å². The topological polar surface area (TPSA) is 228 Å². The van der Waals surface area contributed by atoms with E-state index in [-0.39, 0.29) is 12.5 Å². The highest BCUT2D eigenvalue weighted by Gasteiger charge is 2.51. The van der Waals surface area contributed by atoms with Crippen LogP contribution in [0.1, 0.15) is 335 Å². The Labute approximate surface area is 502 Å². The Morgan fingerprint density at radius 2 is 0.695 bits per heavy atom. The van der Waals surface area contributed by atoms with Crippen molar-refractivity contribution in [2.45, 2.75) is 408 Å². The Morgan fingerprint density at radius 1 is 0.390 bits per heavy atom. The fourth-order valence-corrected chi connectivity index (χ4v) is 12.2. The van der Waals surface area contributed by atoms with Gasteiger partial charge in [-0.1, -0.05) is 316 Å². The molecule has 1 amide bonds. The summed E-state index contributed by atoms with van der Waals surface area (Å²) in [6.07, 6.45) is 46.9. The quantitative estimate of drug-likeness (QED) is 0.0259. The molecule has 14 nitrogen and oxygen atoms in total. The molecule has 2 saturated heterocycles. The zero-order valence-electron chi connectivity index (χ0n) is 53.0. The Bertz CT molecular complexity index is 1380. The van der Waals surface area contributed by atoms with Crippen molar-refractivity contribution in [1.29, 1.82) is 0 Å². The van der Waals surface area contributed by atoms with Crippen LogP contribution in [0.2, 0.25) is 0 Å². The van der Waals surface area contributed by atoms with E-state index in [2.05, 4.69) is 19.2 Å². The lowest BCUT2D eigenvalue weighted by Gasteiger charge is -2.46. The van der Waals surface area contributed by atoms with Gasteiger partial charge in [-0.15, -0.1) is 0 Å². The van der Waals surface area contributed by atoms with E-state index in [1.54, 1.807) is 0 Å². The lowest BCUT2D eigenvalue weighted by atomic mass is 9.97. The third-order valence-electron chi connectivity index (χ3n) is 17.8. The second-order valence-corrected chi connectivity index (χ2v) is 25.4. The molecule has 0 aromatic carbocycles. The van der Waals surface area contributed by atoms with Crippen molar-refractivity contribution in [2.24, 2.45) is 0 Å². The summed E-state index contributed by atoms with van der Waals surface area (Å²) in [4.78, 5) is 13.3. The Kier molecular flexibility index (Phi) is 50.9. The fraction of sp³-hybridized carbons (Fsp3) is 0.985. The molecule has 0 aromatic heterocycles. The standard InChI is InChI=1S/C68H133NO13/c1-3-5-7-9-11-13-15-17-19-21-23-25-26-27-28-29-30-31-32-34-36-38-40-42-44-46-48-50-52-60(73)69-56(57(72)51-49-47-45-43-41-39-37-35-33-24-22-20-18-16-14-12-10-8-6-4-2)55-79-67-65(78)63(76)66(59(54-71)81-67)82-68-64(77)62(75)61(74)58(53-70)80-68/h56-59,61-68,70-72,74-78H,3-55H2,1-2H3,(H,69,73). The lowest BCUT2D eigenvalue weighted by molar-refractivity contribution is -0.359. The van der Waals surface area contributed by atoms with Gasteiger partial charge < -0.3 is 65.1 Å². The first kappa shape index (κ1) is 77.1. The highest BCUT2D eigenvalue weighted by atomic mass is 16.7. The summed E-state index contributed by atoms with van der Waals surface area (Å²) >= 11 is 0. The number of nitrogens with one attached hydrogen (secondary N) is 1. The van der Waals surface area contributed by atoms with E-state index < -0.39 is 86.8 Å². The van der Waals surface area contributed by atoms with Gasteiger partial charge in [0.25, 0.3) is 0 Å². The molecular formula is C68H133NO13. The van der Waals surface area contributed by atoms with Crippen molar-refractivity contribution in [3.8, 4) is 0 Å². The van der Waals surface area contributed by atoms with Crippen LogP contribution in [0.3, 0.4) is 0 Å². The molecule has 0 spiro atoms. The van der Waals surface area contributed by atoms with Crippen molar-refractivity contribution in [3.63, 3.8) is 0 Å². The second-order valence-electron chi connectivity index (χ2n) is 25.4. The van der Waals surface area contributed by atoms with Gasteiger partial charge in [0.2, 0.25) is 5.91 Å². The van der Waals surface area contributed by atoms with Crippen LogP contribution in [0, 0.1) is 0 Å². The number of aliphatic hydroxyl groups is 8. The summed E-state index contributed by atoms with van der Waals surface area (Å²) in [5.74, 6) is -0.197. The van der Waals surface area contributed by atoms with Crippen molar-refractivity contribution in [3.05, 3.63) is 0 Å². The molecular weight excluding hydrogens is 1040 g/mol. The molecule has 9 N–H and O–H groups in total. The molecule has 2 heterocycles. The van der Waals surface area contributed by atoms with E-state index in [1.165, 1.54) is 257 Å². The van der Waals surface area contributed by atoms with Crippen molar-refractivity contribution in [2.75, 3.05) is 19.8 Å². The summed E-state index contributed by atoms with van der Waals surface area (Å²) in [7, 11) is 0. The third-order valence-corrected chi connectivity index (χ3v) is 17.8. The zero-order chi connectivity index (χ0) is 59.5. The normalized spacial score (nSPS) is 23.8. The Morgan fingerprint density at radius 3 is 1.04 bits per heavy atom. The van der Waals surface area contributed by atoms with Crippen LogP contribution in [-0.2, 0) is 23.7 Å². The first-order valence-corrected chi connectivity index (χ1v) is 35.3. The van der Waals surface area contributed by atoms with Gasteiger partial charge >= 0.3 is 0 Å². The van der Waals surface area contributed by atoms with Crippen LogP contribution in [0.5, 0.6) is 0 Å². The maximum absolute atomic E-state index is 13.3. The summed E-state index contributed by atoms with van der Waals surface area (Å²) in [6.45, 7) is 2.93. The minimum Gasteiger partial charge on any atom is -0.394 e. The van der Waals surface area contributed by atoms with E-state index in [4.69, 9.17) is 18.9 Å². The zero-order valence-corrected chi connectivity index (χ0v) is 53.0. The van der Waals surface area contributed by atoms with Crippen LogP contribution < -0.4 is 5.32 Å². The smallest absolute Gasteiger partial charge is 0.220 e. The predicted octanol–water partition coefficient (Wildman–Crippen LogP) is 14.0. The Balaban J connectivity index is 1.65. The maximum Gasteiger partial charge on any atom is 0.220 e. The first-order chi connectivity index (χ1) is 40.1. The van der Waals surface area contributed by atoms with Crippen LogP contribution in [0.25, 0.3) is 0 Å². The van der Waals surface area contributed by atoms with Crippen molar-refractivity contribution < 1.29 is 64.6 Å². The van der Waals surface area contributed by atoms with Gasteiger partial charge in [0.15, 0.2) is 12.6 Å². The minimum absolute atomic E-state index is 0.197. The lowest BCUT2D eigenvalue weighted by Crippen LogP contribution is -2.65. The van der Waals surface area contributed by atoms with Crippen LogP contribution in [0.4, 0.5) is 0 Å². The third kappa shape index (κ3) is 38.3. The SMILES string of the molecule is CCCCCCCCCCCCCCCCCCCCCCCCCCCCCCC(=O)NC(COC1OC(CO)C(OC2OC(CO)C(O)C(O)C2O)C(O)C1O)C(O)CCCCCCCCCCCCCCCCCCCCCC. The second kappa shape index (κ2) is 54.2.